The van der Waals surface area contributed by atoms with Gasteiger partial charge in [-0.25, -0.2) is 0 Å². The standard InChI is InChI=1S/C16H23NO5/c1-11(2)7-8-22-14-9-12(21-4)5-6-13(14)16(20)17(3)10-15(18)19/h5-6,9,11H,7-8,10H2,1-4H3,(H,18,19). The van der Waals surface area contributed by atoms with Crippen molar-refractivity contribution in [2.45, 2.75) is 20.3 Å². The predicted molar refractivity (Wildman–Crippen MR) is 82.5 cm³/mol. The fourth-order valence-electron chi connectivity index (χ4n) is 1.81. The first-order valence-corrected chi connectivity index (χ1v) is 7.13. The Balaban J connectivity index is 2.96. The molecular formula is C16H23NO5. The number of hydrogen-bond donors (Lipinski definition) is 1. The second-order valence-corrected chi connectivity index (χ2v) is 5.45. The summed E-state index contributed by atoms with van der Waals surface area (Å²) in [5.41, 5.74) is 0.327. The number of amides is 1. The van der Waals surface area contributed by atoms with Gasteiger partial charge in [-0.15, -0.1) is 0 Å². The first-order chi connectivity index (χ1) is 10.3. The Labute approximate surface area is 130 Å². The Bertz CT molecular complexity index is 527. The van der Waals surface area contributed by atoms with Gasteiger partial charge >= 0.3 is 5.97 Å². The lowest BCUT2D eigenvalue weighted by Gasteiger charge is -2.18. The van der Waals surface area contributed by atoms with Crippen molar-refractivity contribution in [3.8, 4) is 11.5 Å². The van der Waals surface area contributed by atoms with E-state index in [1.54, 1.807) is 18.2 Å². The summed E-state index contributed by atoms with van der Waals surface area (Å²) >= 11 is 0. The van der Waals surface area contributed by atoms with Crippen LogP contribution in [0.1, 0.15) is 30.6 Å². The van der Waals surface area contributed by atoms with E-state index in [0.717, 1.165) is 11.3 Å². The van der Waals surface area contributed by atoms with E-state index in [-0.39, 0.29) is 6.54 Å². The summed E-state index contributed by atoms with van der Waals surface area (Å²) in [4.78, 5) is 24.2. The smallest absolute Gasteiger partial charge is 0.323 e. The molecule has 22 heavy (non-hydrogen) atoms. The molecule has 0 aliphatic heterocycles. The van der Waals surface area contributed by atoms with Gasteiger partial charge in [-0.1, -0.05) is 13.8 Å². The first kappa shape index (κ1) is 17.8. The number of aliphatic carboxylic acids is 1. The summed E-state index contributed by atoms with van der Waals surface area (Å²) in [5, 5.41) is 8.79. The number of ether oxygens (including phenoxy) is 2. The highest BCUT2D eigenvalue weighted by molar-refractivity contribution is 5.98. The summed E-state index contributed by atoms with van der Waals surface area (Å²) in [6.45, 7) is 4.29. The van der Waals surface area contributed by atoms with Gasteiger partial charge in [-0.05, 0) is 24.5 Å². The Kier molecular flexibility index (Phi) is 6.69. The van der Waals surface area contributed by atoms with Crippen molar-refractivity contribution in [2.24, 2.45) is 5.92 Å². The van der Waals surface area contributed by atoms with E-state index in [4.69, 9.17) is 14.6 Å². The average molecular weight is 309 g/mol. The average Bonchev–Trinajstić information content (AvgIpc) is 2.45. The van der Waals surface area contributed by atoms with Crippen LogP contribution in [-0.4, -0.2) is 49.2 Å². The monoisotopic (exact) mass is 309 g/mol. The van der Waals surface area contributed by atoms with Gasteiger partial charge in [-0.2, -0.15) is 0 Å². The Morgan fingerprint density at radius 1 is 1.32 bits per heavy atom. The molecule has 1 amide bonds. The largest absolute Gasteiger partial charge is 0.497 e. The van der Waals surface area contributed by atoms with Gasteiger partial charge in [0.25, 0.3) is 5.91 Å². The molecule has 1 N–H and O–H groups in total. The molecule has 0 aliphatic carbocycles. The first-order valence-electron chi connectivity index (χ1n) is 7.13. The summed E-state index contributed by atoms with van der Waals surface area (Å²) in [6, 6.07) is 4.88. The van der Waals surface area contributed by atoms with Crippen LogP contribution in [-0.2, 0) is 4.79 Å². The van der Waals surface area contributed by atoms with Gasteiger partial charge in [-0.3, -0.25) is 9.59 Å². The molecule has 0 saturated carbocycles. The van der Waals surface area contributed by atoms with E-state index < -0.39 is 11.9 Å². The minimum Gasteiger partial charge on any atom is -0.497 e. The van der Waals surface area contributed by atoms with Crippen LogP contribution < -0.4 is 9.47 Å². The highest BCUT2D eigenvalue weighted by Crippen LogP contribution is 2.26. The summed E-state index contributed by atoms with van der Waals surface area (Å²) in [6.07, 6.45) is 0.857. The van der Waals surface area contributed by atoms with Crippen LogP contribution in [0.4, 0.5) is 0 Å². The second-order valence-electron chi connectivity index (χ2n) is 5.45. The normalized spacial score (nSPS) is 10.4. The van der Waals surface area contributed by atoms with E-state index in [2.05, 4.69) is 13.8 Å². The molecule has 0 fully saturated rings. The summed E-state index contributed by atoms with van der Waals surface area (Å²) in [7, 11) is 2.98. The van der Waals surface area contributed by atoms with E-state index >= 15 is 0 Å². The quantitative estimate of drug-likeness (QED) is 0.797. The van der Waals surface area contributed by atoms with E-state index in [1.165, 1.54) is 14.2 Å². The van der Waals surface area contributed by atoms with E-state index in [0.29, 0.717) is 29.6 Å². The third-order valence-electron chi connectivity index (χ3n) is 3.09. The Hall–Kier alpha value is -2.24. The lowest BCUT2D eigenvalue weighted by molar-refractivity contribution is -0.137. The molecular weight excluding hydrogens is 286 g/mol. The predicted octanol–water partition coefficient (Wildman–Crippen LogP) is 2.28. The molecule has 0 unspecified atom stereocenters. The molecule has 1 aromatic rings. The van der Waals surface area contributed by atoms with Crippen LogP contribution in [0.25, 0.3) is 0 Å². The number of methoxy groups -OCH3 is 1. The van der Waals surface area contributed by atoms with Crippen molar-refractivity contribution in [2.75, 3.05) is 27.3 Å². The third kappa shape index (κ3) is 5.27. The maximum absolute atomic E-state index is 12.3. The number of benzene rings is 1. The number of carboxylic acids is 1. The zero-order valence-corrected chi connectivity index (χ0v) is 13.5. The number of hydrogen-bond acceptors (Lipinski definition) is 4. The van der Waals surface area contributed by atoms with Crippen molar-refractivity contribution < 1.29 is 24.2 Å². The fourth-order valence-corrected chi connectivity index (χ4v) is 1.81. The molecule has 0 atom stereocenters. The van der Waals surface area contributed by atoms with Crippen LogP contribution in [0.2, 0.25) is 0 Å². The number of carbonyl (C=O) groups is 2. The second kappa shape index (κ2) is 8.26. The van der Waals surface area contributed by atoms with Crippen molar-refractivity contribution in [1.29, 1.82) is 0 Å². The molecule has 0 saturated heterocycles. The van der Waals surface area contributed by atoms with Gasteiger partial charge in [0.2, 0.25) is 0 Å². The molecule has 122 valence electrons. The molecule has 0 radical (unpaired) electrons. The summed E-state index contributed by atoms with van der Waals surface area (Å²) < 4.78 is 10.8. The number of nitrogens with zero attached hydrogens (tertiary/aromatic N) is 1. The lowest BCUT2D eigenvalue weighted by atomic mass is 10.1. The van der Waals surface area contributed by atoms with Gasteiger partial charge in [0.05, 0.1) is 19.3 Å². The highest BCUT2D eigenvalue weighted by atomic mass is 16.5. The van der Waals surface area contributed by atoms with Crippen molar-refractivity contribution in [3.63, 3.8) is 0 Å². The molecule has 0 spiro atoms. The summed E-state index contributed by atoms with van der Waals surface area (Å²) in [5.74, 6) is 0.00917. The van der Waals surface area contributed by atoms with E-state index in [1.807, 2.05) is 0 Å². The number of carbonyl (C=O) groups excluding carboxylic acids is 1. The van der Waals surface area contributed by atoms with Crippen LogP contribution in [0, 0.1) is 5.92 Å². The van der Waals surface area contributed by atoms with Crippen molar-refractivity contribution in [3.05, 3.63) is 23.8 Å². The fraction of sp³-hybridized carbons (Fsp3) is 0.500. The van der Waals surface area contributed by atoms with Gasteiger partial charge in [0.1, 0.15) is 18.0 Å². The highest BCUT2D eigenvalue weighted by Gasteiger charge is 2.19. The number of rotatable bonds is 8. The van der Waals surface area contributed by atoms with E-state index in [9.17, 15) is 9.59 Å². The third-order valence-corrected chi connectivity index (χ3v) is 3.09. The maximum atomic E-state index is 12.3. The minimum absolute atomic E-state index is 0.327. The van der Waals surface area contributed by atoms with Crippen molar-refractivity contribution >= 4 is 11.9 Å². The molecule has 0 aliphatic rings. The Morgan fingerprint density at radius 3 is 2.55 bits per heavy atom. The van der Waals surface area contributed by atoms with Gasteiger partial charge in [0, 0.05) is 13.1 Å². The lowest BCUT2D eigenvalue weighted by Crippen LogP contribution is -2.32. The molecule has 0 heterocycles. The molecule has 0 bridgehead atoms. The maximum Gasteiger partial charge on any atom is 0.323 e. The SMILES string of the molecule is COc1ccc(C(=O)N(C)CC(=O)O)c(OCCC(C)C)c1. The van der Waals surface area contributed by atoms with Gasteiger partial charge in [0.15, 0.2) is 0 Å². The van der Waals surface area contributed by atoms with Crippen LogP contribution in [0.3, 0.4) is 0 Å². The molecule has 0 aromatic heterocycles. The zero-order valence-electron chi connectivity index (χ0n) is 13.5. The zero-order chi connectivity index (χ0) is 16.7. The van der Waals surface area contributed by atoms with Crippen LogP contribution in [0.15, 0.2) is 18.2 Å². The molecule has 6 heteroatoms. The number of carboxylic acid groups (broad SMARTS) is 1. The van der Waals surface area contributed by atoms with Gasteiger partial charge < -0.3 is 19.5 Å². The molecule has 1 rings (SSSR count). The Morgan fingerprint density at radius 2 is 2.00 bits per heavy atom. The minimum atomic E-state index is -1.06. The molecule has 1 aromatic carbocycles. The van der Waals surface area contributed by atoms with Crippen LogP contribution in [0.5, 0.6) is 11.5 Å². The topological polar surface area (TPSA) is 76.1 Å². The van der Waals surface area contributed by atoms with Crippen molar-refractivity contribution in [1.82, 2.24) is 4.90 Å². The van der Waals surface area contributed by atoms with Crippen LogP contribution >= 0.6 is 0 Å². The number of likely N-dealkylation sites (N-methyl/N-ethyl adjacent to an activating group) is 1. The molecule has 6 nitrogen and oxygen atoms in total.